The molecule has 0 unspecified atom stereocenters. The number of benzene rings is 1. The number of aryl methyl sites for hydroxylation is 1. The molecule has 20 heavy (non-hydrogen) atoms. The van der Waals surface area contributed by atoms with Crippen LogP contribution in [-0.2, 0) is 19.3 Å². The summed E-state index contributed by atoms with van der Waals surface area (Å²) in [5.41, 5.74) is 0.995. The number of hydrogen-bond donors (Lipinski definition) is 0. The monoisotopic (exact) mass is 284 g/mol. The molecule has 0 radical (unpaired) electrons. The van der Waals surface area contributed by atoms with Crippen molar-refractivity contribution in [3.05, 3.63) is 52.9 Å². The third-order valence-electron chi connectivity index (χ3n) is 2.84. The highest BCUT2D eigenvalue weighted by Crippen LogP contribution is 2.29. The molecule has 1 aromatic carbocycles. The van der Waals surface area contributed by atoms with Gasteiger partial charge in [-0.1, -0.05) is 17.3 Å². The molecule has 0 saturated heterocycles. The Morgan fingerprint density at radius 1 is 1.15 bits per heavy atom. The number of hydrogen-bond acceptors (Lipinski definition) is 3. The second-order valence-electron chi connectivity index (χ2n) is 4.80. The van der Waals surface area contributed by atoms with Crippen LogP contribution in [0.1, 0.15) is 22.6 Å². The summed E-state index contributed by atoms with van der Waals surface area (Å²) in [5.74, 6) is 0.733. The van der Waals surface area contributed by atoms with E-state index in [1.807, 2.05) is 24.9 Å². The standard InChI is InChI=1S/C14H15F3N2O/c1-10-7-13(20-18-10)9-19(2)8-11-3-5-12(6-4-11)14(15,16)17/h3-7H,8-9H2,1-2H3. The van der Waals surface area contributed by atoms with Gasteiger partial charge in [0.25, 0.3) is 0 Å². The third kappa shape index (κ3) is 3.84. The molecule has 2 rings (SSSR count). The van der Waals surface area contributed by atoms with E-state index in [-0.39, 0.29) is 0 Å². The molecule has 3 nitrogen and oxygen atoms in total. The third-order valence-corrected chi connectivity index (χ3v) is 2.84. The van der Waals surface area contributed by atoms with Crippen LogP contribution in [0.2, 0.25) is 0 Å². The summed E-state index contributed by atoms with van der Waals surface area (Å²) in [6.07, 6.45) is -4.29. The minimum absolute atomic E-state index is 0.540. The summed E-state index contributed by atoms with van der Waals surface area (Å²) in [7, 11) is 1.87. The Hall–Kier alpha value is -1.82. The van der Waals surface area contributed by atoms with E-state index in [0.29, 0.717) is 13.1 Å². The normalized spacial score (nSPS) is 12.1. The van der Waals surface area contributed by atoms with Gasteiger partial charge in [-0.05, 0) is 31.7 Å². The molecule has 0 aliphatic heterocycles. The molecule has 0 bridgehead atoms. The fraction of sp³-hybridized carbons (Fsp3) is 0.357. The Bertz CT molecular complexity index is 561. The molecule has 6 heteroatoms. The first-order chi connectivity index (χ1) is 9.34. The molecule has 0 aliphatic carbocycles. The second kappa shape index (κ2) is 5.66. The van der Waals surface area contributed by atoms with Crippen molar-refractivity contribution in [2.45, 2.75) is 26.2 Å². The first-order valence-electron chi connectivity index (χ1n) is 6.11. The Balaban J connectivity index is 1.96. The lowest BCUT2D eigenvalue weighted by Gasteiger charge is -2.15. The van der Waals surface area contributed by atoms with E-state index in [2.05, 4.69) is 5.16 Å². The van der Waals surface area contributed by atoms with Crippen LogP contribution in [0, 0.1) is 6.92 Å². The molecule has 1 heterocycles. The van der Waals surface area contributed by atoms with Crippen LogP contribution < -0.4 is 0 Å². The van der Waals surface area contributed by atoms with Crippen molar-refractivity contribution in [2.75, 3.05) is 7.05 Å². The first-order valence-corrected chi connectivity index (χ1v) is 6.11. The van der Waals surface area contributed by atoms with Gasteiger partial charge in [0.05, 0.1) is 17.8 Å². The molecule has 0 N–H and O–H groups in total. The fourth-order valence-corrected chi connectivity index (χ4v) is 1.92. The summed E-state index contributed by atoms with van der Waals surface area (Å²) in [5, 5.41) is 3.79. The van der Waals surface area contributed by atoms with Crippen molar-refractivity contribution >= 4 is 0 Å². The van der Waals surface area contributed by atoms with Gasteiger partial charge in [0.15, 0.2) is 5.76 Å². The number of alkyl halides is 3. The molecular weight excluding hydrogens is 269 g/mol. The van der Waals surface area contributed by atoms with Crippen molar-refractivity contribution < 1.29 is 17.7 Å². The van der Waals surface area contributed by atoms with Crippen LogP contribution in [-0.4, -0.2) is 17.1 Å². The largest absolute Gasteiger partial charge is 0.416 e. The van der Waals surface area contributed by atoms with Gasteiger partial charge < -0.3 is 4.52 Å². The lowest BCUT2D eigenvalue weighted by molar-refractivity contribution is -0.137. The number of nitrogens with zero attached hydrogens (tertiary/aromatic N) is 2. The van der Waals surface area contributed by atoms with E-state index in [4.69, 9.17) is 4.52 Å². The van der Waals surface area contributed by atoms with Crippen LogP contribution in [0.25, 0.3) is 0 Å². The molecule has 1 aromatic heterocycles. The van der Waals surface area contributed by atoms with E-state index in [9.17, 15) is 13.2 Å². The Kier molecular flexibility index (Phi) is 4.13. The molecule has 0 atom stereocenters. The van der Waals surface area contributed by atoms with Crippen molar-refractivity contribution in [3.8, 4) is 0 Å². The maximum absolute atomic E-state index is 12.4. The van der Waals surface area contributed by atoms with Crippen molar-refractivity contribution in [1.82, 2.24) is 10.1 Å². The van der Waals surface area contributed by atoms with Gasteiger partial charge in [0, 0.05) is 12.6 Å². The molecule has 0 fully saturated rings. The summed E-state index contributed by atoms with van der Waals surface area (Å²) in [4.78, 5) is 1.95. The first kappa shape index (κ1) is 14.6. The SMILES string of the molecule is Cc1cc(CN(C)Cc2ccc(C(F)(F)F)cc2)on1. The summed E-state index contributed by atoms with van der Waals surface area (Å²) >= 11 is 0. The minimum atomic E-state index is -4.29. The van der Waals surface area contributed by atoms with Crippen molar-refractivity contribution in [3.63, 3.8) is 0 Å². The lowest BCUT2D eigenvalue weighted by Crippen LogP contribution is -2.17. The van der Waals surface area contributed by atoms with Crippen LogP contribution in [0.15, 0.2) is 34.9 Å². The fourth-order valence-electron chi connectivity index (χ4n) is 1.92. The van der Waals surface area contributed by atoms with Crippen molar-refractivity contribution in [2.24, 2.45) is 0 Å². The Labute approximate surface area is 115 Å². The van der Waals surface area contributed by atoms with E-state index in [0.717, 1.165) is 29.2 Å². The van der Waals surface area contributed by atoms with Gasteiger partial charge in [0.1, 0.15) is 0 Å². The van der Waals surface area contributed by atoms with E-state index < -0.39 is 11.7 Å². The zero-order chi connectivity index (χ0) is 14.8. The summed E-state index contributed by atoms with van der Waals surface area (Å²) in [6.45, 7) is 2.93. The van der Waals surface area contributed by atoms with E-state index >= 15 is 0 Å². The van der Waals surface area contributed by atoms with Gasteiger partial charge in [-0.3, -0.25) is 4.90 Å². The second-order valence-corrected chi connectivity index (χ2v) is 4.80. The number of rotatable bonds is 4. The molecular formula is C14H15F3N2O. The van der Waals surface area contributed by atoms with Gasteiger partial charge >= 0.3 is 6.18 Å². The quantitative estimate of drug-likeness (QED) is 0.858. The highest BCUT2D eigenvalue weighted by molar-refractivity contribution is 5.24. The Morgan fingerprint density at radius 2 is 1.80 bits per heavy atom. The van der Waals surface area contributed by atoms with E-state index in [1.54, 1.807) is 0 Å². The smallest absolute Gasteiger partial charge is 0.360 e. The Morgan fingerprint density at radius 3 is 2.30 bits per heavy atom. The number of aromatic nitrogens is 1. The maximum Gasteiger partial charge on any atom is 0.416 e. The predicted octanol–water partition coefficient (Wildman–Crippen LogP) is 3.63. The van der Waals surface area contributed by atoms with Crippen LogP contribution in [0.3, 0.4) is 0 Å². The highest BCUT2D eigenvalue weighted by Gasteiger charge is 2.29. The zero-order valence-electron chi connectivity index (χ0n) is 11.2. The number of halogens is 3. The van der Waals surface area contributed by atoms with Crippen molar-refractivity contribution in [1.29, 1.82) is 0 Å². The predicted molar refractivity (Wildman–Crippen MR) is 67.9 cm³/mol. The van der Waals surface area contributed by atoms with Gasteiger partial charge in [-0.15, -0.1) is 0 Å². The van der Waals surface area contributed by atoms with Gasteiger partial charge in [0.2, 0.25) is 0 Å². The molecule has 0 amide bonds. The molecule has 108 valence electrons. The molecule has 0 saturated carbocycles. The summed E-state index contributed by atoms with van der Waals surface area (Å²) < 4.78 is 42.4. The van der Waals surface area contributed by atoms with E-state index in [1.165, 1.54) is 12.1 Å². The topological polar surface area (TPSA) is 29.3 Å². The van der Waals surface area contributed by atoms with Crippen LogP contribution in [0.5, 0.6) is 0 Å². The molecule has 2 aromatic rings. The average Bonchev–Trinajstić information content (AvgIpc) is 2.74. The van der Waals surface area contributed by atoms with Crippen LogP contribution >= 0.6 is 0 Å². The minimum Gasteiger partial charge on any atom is -0.360 e. The highest BCUT2D eigenvalue weighted by atomic mass is 19.4. The van der Waals surface area contributed by atoms with Gasteiger partial charge in [-0.25, -0.2) is 0 Å². The van der Waals surface area contributed by atoms with Crippen LogP contribution in [0.4, 0.5) is 13.2 Å². The maximum atomic E-state index is 12.4. The summed E-state index contributed by atoms with van der Waals surface area (Å²) in [6, 6.07) is 7.02. The zero-order valence-corrected chi connectivity index (χ0v) is 11.2. The lowest BCUT2D eigenvalue weighted by atomic mass is 10.1. The molecule has 0 spiro atoms. The molecule has 0 aliphatic rings. The average molecular weight is 284 g/mol. The van der Waals surface area contributed by atoms with Gasteiger partial charge in [-0.2, -0.15) is 13.2 Å².